The van der Waals surface area contributed by atoms with Crippen LogP contribution in [-0.2, 0) is 5.88 Å². The van der Waals surface area contributed by atoms with Crippen molar-refractivity contribution in [3.8, 4) is 5.69 Å². The number of nitrogens with two attached hydrogens (primary N) is 1. The van der Waals surface area contributed by atoms with Crippen LogP contribution in [0, 0.1) is 0 Å². The minimum atomic E-state index is -0.470. The number of carbonyl (C=O) groups excluding carboxylic acids is 1. The van der Waals surface area contributed by atoms with E-state index in [4.69, 9.17) is 17.3 Å². The average molecular weight is 237 g/mol. The molecule has 5 nitrogen and oxygen atoms in total. The number of rotatable bonds is 3. The highest BCUT2D eigenvalue weighted by atomic mass is 35.5. The molecule has 1 aromatic carbocycles. The summed E-state index contributed by atoms with van der Waals surface area (Å²) in [6.45, 7) is 0. The first-order valence-corrected chi connectivity index (χ1v) is 5.11. The third-order valence-electron chi connectivity index (χ3n) is 2.15. The largest absolute Gasteiger partial charge is 0.366 e. The van der Waals surface area contributed by atoms with Crippen LogP contribution >= 0.6 is 11.6 Å². The van der Waals surface area contributed by atoms with Gasteiger partial charge in [-0.2, -0.15) is 0 Å². The van der Waals surface area contributed by atoms with Crippen molar-refractivity contribution in [2.45, 2.75) is 5.88 Å². The average Bonchev–Trinajstić information content (AvgIpc) is 2.77. The van der Waals surface area contributed by atoms with E-state index in [-0.39, 0.29) is 5.88 Å². The van der Waals surface area contributed by atoms with Crippen LogP contribution in [0.4, 0.5) is 0 Å². The minimum Gasteiger partial charge on any atom is -0.366 e. The first-order valence-electron chi connectivity index (χ1n) is 4.57. The number of halogens is 1. The number of carbonyl (C=O) groups is 1. The molecule has 0 saturated heterocycles. The lowest BCUT2D eigenvalue weighted by atomic mass is 10.2. The van der Waals surface area contributed by atoms with E-state index < -0.39 is 5.91 Å². The fraction of sp³-hybridized carbons (Fsp3) is 0.100. The lowest BCUT2D eigenvalue weighted by Crippen LogP contribution is -2.11. The molecule has 1 amide bonds. The maximum atomic E-state index is 11.0. The van der Waals surface area contributed by atoms with Gasteiger partial charge in [-0.1, -0.05) is 6.07 Å². The van der Waals surface area contributed by atoms with Gasteiger partial charge in [-0.3, -0.25) is 9.36 Å². The van der Waals surface area contributed by atoms with Crippen molar-refractivity contribution in [1.29, 1.82) is 0 Å². The molecule has 0 radical (unpaired) electrons. The Balaban J connectivity index is 2.48. The lowest BCUT2D eigenvalue weighted by Gasteiger charge is -2.05. The molecule has 0 aliphatic rings. The van der Waals surface area contributed by atoms with Crippen molar-refractivity contribution in [3.05, 3.63) is 42.0 Å². The van der Waals surface area contributed by atoms with Crippen molar-refractivity contribution in [3.63, 3.8) is 0 Å². The number of amides is 1. The summed E-state index contributed by atoms with van der Waals surface area (Å²) in [5.41, 5.74) is 6.40. The number of alkyl halides is 1. The van der Waals surface area contributed by atoms with Crippen LogP contribution in [0.1, 0.15) is 16.2 Å². The molecule has 6 heteroatoms. The van der Waals surface area contributed by atoms with Crippen molar-refractivity contribution < 1.29 is 4.79 Å². The summed E-state index contributed by atoms with van der Waals surface area (Å²) in [5, 5.41) is 7.61. The number of benzene rings is 1. The second kappa shape index (κ2) is 4.32. The molecule has 1 aromatic heterocycles. The smallest absolute Gasteiger partial charge is 0.248 e. The number of nitrogens with zero attached hydrogens (tertiary/aromatic N) is 3. The lowest BCUT2D eigenvalue weighted by molar-refractivity contribution is 0.100. The van der Waals surface area contributed by atoms with Crippen molar-refractivity contribution >= 4 is 17.5 Å². The van der Waals surface area contributed by atoms with E-state index >= 15 is 0 Å². The van der Waals surface area contributed by atoms with Gasteiger partial charge in [-0.05, 0) is 18.2 Å². The summed E-state index contributed by atoms with van der Waals surface area (Å²) in [6, 6.07) is 6.89. The van der Waals surface area contributed by atoms with E-state index in [2.05, 4.69) is 10.2 Å². The maximum Gasteiger partial charge on any atom is 0.248 e. The zero-order valence-electron chi connectivity index (χ0n) is 8.30. The molecule has 0 bridgehead atoms. The second-order valence-corrected chi connectivity index (χ2v) is 3.43. The molecule has 2 N–H and O–H groups in total. The van der Waals surface area contributed by atoms with Gasteiger partial charge in [0, 0.05) is 11.3 Å². The van der Waals surface area contributed by atoms with Crippen LogP contribution < -0.4 is 5.73 Å². The predicted octanol–water partition coefficient (Wildman–Crippen LogP) is 1.10. The van der Waals surface area contributed by atoms with E-state index in [9.17, 15) is 4.79 Å². The van der Waals surface area contributed by atoms with Gasteiger partial charge in [0.25, 0.3) is 0 Å². The second-order valence-electron chi connectivity index (χ2n) is 3.17. The highest BCUT2D eigenvalue weighted by Gasteiger charge is 2.07. The standard InChI is InChI=1S/C10H9ClN4O/c11-5-9-14-13-6-15(9)8-3-1-2-7(4-8)10(12)16/h1-4,6H,5H2,(H2,12,16). The first kappa shape index (κ1) is 10.6. The SMILES string of the molecule is NC(=O)c1cccc(-n2cnnc2CCl)c1. The van der Waals surface area contributed by atoms with E-state index in [0.717, 1.165) is 5.69 Å². The van der Waals surface area contributed by atoms with E-state index in [1.54, 1.807) is 22.8 Å². The maximum absolute atomic E-state index is 11.0. The number of aromatic nitrogens is 3. The van der Waals surface area contributed by atoms with Gasteiger partial charge in [0.1, 0.15) is 6.33 Å². The van der Waals surface area contributed by atoms with Crippen molar-refractivity contribution in [2.24, 2.45) is 5.73 Å². The van der Waals surface area contributed by atoms with Crippen LogP contribution in [0.15, 0.2) is 30.6 Å². The van der Waals surface area contributed by atoms with Crippen LogP contribution in [0.25, 0.3) is 5.69 Å². The summed E-state index contributed by atoms with van der Waals surface area (Å²) < 4.78 is 1.71. The number of hydrogen-bond donors (Lipinski definition) is 1. The van der Waals surface area contributed by atoms with Gasteiger partial charge in [0.05, 0.1) is 5.88 Å². The Bertz CT molecular complexity index is 523. The van der Waals surface area contributed by atoms with E-state index in [1.165, 1.54) is 6.33 Å². The Kier molecular flexibility index (Phi) is 2.87. The third-order valence-corrected chi connectivity index (χ3v) is 2.39. The van der Waals surface area contributed by atoms with Gasteiger partial charge in [0.15, 0.2) is 5.82 Å². The van der Waals surface area contributed by atoms with Crippen LogP contribution in [-0.4, -0.2) is 20.7 Å². The van der Waals surface area contributed by atoms with Crippen molar-refractivity contribution in [2.75, 3.05) is 0 Å². The zero-order chi connectivity index (χ0) is 11.5. The Labute approximate surface area is 96.8 Å². The molecule has 0 unspecified atom stereocenters. The first-order chi connectivity index (χ1) is 7.72. The molecule has 0 aliphatic heterocycles. The Morgan fingerprint density at radius 3 is 3.00 bits per heavy atom. The van der Waals surface area contributed by atoms with Crippen LogP contribution in [0.3, 0.4) is 0 Å². The minimum absolute atomic E-state index is 0.251. The molecule has 0 fully saturated rings. The van der Waals surface area contributed by atoms with Crippen molar-refractivity contribution in [1.82, 2.24) is 14.8 Å². The molecule has 2 aromatic rings. The molecule has 0 atom stereocenters. The molecule has 2 rings (SSSR count). The molecular weight excluding hydrogens is 228 g/mol. The highest BCUT2D eigenvalue weighted by molar-refractivity contribution is 6.16. The molecule has 1 heterocycles. The van der Waals surface area contributed by atoms with E-state index in [0.29, 0.717) is 11.4 Å². The van der Waals surface area contributed by atoms with Gasteiger partial charge in [0.2, 0.25) is 5.91 Å². The summed E-state index contributed by atoms with van der Waals surface area (Å²) in [5.74, 6) is 0.395. The van der Waals surface area contributed by atoms with Crippen LogP contribution in [0.5, 0.6) is 0 Å². The zero-order valence-corrected chi connectivity index (χ0v) is 9.05. The molecule has 82 valence electrons. The van der Waals surface area contributed by atoms with Gasteiger partial charge < -0.3 is 5.73 Å². The third kappa shape index (κ3) is 1.90. The topological polar surface area (TPSA) is 73.8 Å². The van der Waals surface area contributed by atoms with Gasteiger partial charge in [-0.15, -0.1) is 21.8 Å². The number of hydrogen-bond acceptors (Lipinski definition) is 3. The fourth-order valence-corrected chi connectivity index (χ4v) is 1.56. The molecule has 16 heavy (non-hydrogen) atoms. The molecular formula is C10H9ClN4O. The summed E-state index contributed by atoms with van der Waals surface area (Å²) in [7, 11) is 0. The summed E-state index contributed by atoms with van der Waals surface area (Å²) in [6.07, 6.45) is 1.54. The fourth-order valence-electron chi connectivity index (χ4n) is 1.37. The highest BCUT2D eigenvalue weighted by Crippen LogP contribution is 2.12. The predicted molar refractivity (Wildman–Crippen MR) is 59.4 cm³/mol. The summed E-state index contributed by atoms with van der Waals surface area (Å²) >= 11 is 5.71. The quantitative estimate of drug-likeness (QED) is 0.812. The van der Waals surface area contributed by atoms with Gasteiger partial charge in [-0.25, -0.2) is 0 Å². The number of primary amides is 1. The molecule has 0 aliphatic carbocycles. The Morgan fingerprint density at radius 2 is 2.31 bits per heavy atom. The van der Waals surface area contributed by atoms with Crippen LogP contribution in [0.2, 0.25) is 0 Å². The monoisotopic (exact) mass is 236 g/mol. The van der Waals surface area contributed by atoms with E-state index in [1.807, 2.05) is 6.07 Å². The molecule has 0 spiro atoms. The van der Waals surface area contributed by atoms with Gasteiger partial charge >= 0.3 is 0 Å². The molecule has 0 saturated carbocycles. The normalized spacial score (nSPS) is 10.3. The Morgan fingerprint density at radius 1 is 1.50 bits per heavy atom. The Hall–Kier alpha value is -1.88. The summed E-state index contributed by atoms with van der Waals surface area (Å²) in [4.78, 5) is 11.0.